The molecule has 0 aromatic carbocycles. The van der Waals surface area contributed by atoms with Crippen LogP contribution in [0.25, 0.3) is 0 Å². The van der Waals surface area contributed by atoms with Crippen molar-refractivity contribution in [3.63, 3.8) is 0 Å². The molecule has 0 aliphatic heterocycles. The highest BCUT2D eigenvalue weighted by molar-refractivity contribution is 6.23. The van der Waals surface area contributed by atoms with E-state index in [2.05, 4.69) is 9.97 Å². The number of fused-ring (bicyclic) bond motifs is 1. The summed E-state index contributed by atoms with van der Waals surface area (Å²) in [7, 11) is 0. The molecule has 1 heterocycles. The van der Waals surface area contributed by atoms with E-state index in [1.165, 1.54) is 12.5 Å². The van der Waals surface area contributed by atoms with Gasteiger partial charge in [0.1, 0.15) is 12.0 Å². The highest BCUT2D eigenvalue weighted by Crippen LogP contribution is 2.14. The molecule has 64 valence electrons. The molecule has 0 saturated carbocycles. The number of ketones is 2. The van der Waals surface area contributed by atoms with Crippen LogP contribution in [-0.4, -0.2) is 21.5 Å². The first-order valence-electron chi connectivity index (χ1n) is 3.56. The van der Waals surface area contributed by atoms with Crippen LogP contribution in [0.5, 0.6) is 0 Å². The molecule has 5 heteroatoms. The lowest BCUT2D eigenvalue weighted by atomic mass is 9.99. The van der Waals surface area contributed by atoms with Gasteiger partial charge in [0.15, 0.2) is 0 Å². The van der Waals surface area contributed by atoms with E-state index >= 15 is 0 Å². The van der Waals surface area contributed by atoms with Crippen LogP contribution in [0, 0.1) is 0 Å². The Labute approximate surface area is 73.3 Å². The predicted octanol–water partition coefficient (Wildman–Crippen LogP) is -0.302. The van der Waals surface area contributed by atoms with Gasteiger partial charge in [-0.15, -0.1) is 0 Å². The minimum absolute atomic E-state index is 0.0627. The molecular weight excluding hydrogens is 170 g/mol. The summed E-state index contributed by atoms with van der Waals surface area (Å²) in [6, 6.07) is 0. The summed E-state index contributed by atoms with van der Waals surface area (Å²) in [5.41, 5.74) is 5.55. The smallest absolute Gasteiger partial charge is 0.212 e. The van der Waals surface area contributed by atoms with E-state index in [1.807, 2.05) is 0 Å². The molecule has 1 aliphatic carbocycles. The third-order valence-corrected chi connectivity index (χ3v) is 1.74. The Hall–Kier alpha value is -2.04. The summed E-state index contributed by atoms with van der Waals surface area (Å²) in [6.45, 7) is 0. The van der Waals surface area contributed by atoms with Crippen molar-refractivity contribution in [3.05, 3.63) is 35.6 Å². The molecule has 2 rings (SSSR count). The molecule has 1 aromatic rings. The normalized spacial score (nSPS) is 15.2. The van der Waals surface area contributed by atoms with Crippen molar-refractivity contribution in [3.8, 4) is 0 Å². The van der Waals surface area contributed by atoms with E-state index in [9.17, 15) is 9.59 Å². The molecule has 2 N–H and O–H groups in total. The standard InChI is InChI=1S/C8H5N3O2/c9-5-1-6(12)7-4(8(5)13)2-10-3-11-7/h1-3H,9H2. The SMILES string of the molecule is NC1=CC(=O)c2ncncc2C1=O. The van der Waals surface area contributed by atoms with E-state index in [-0.39, 0.29) is 22.7 Å². The first kappa shape index (κ1) is 7.60. The first-order chi connectivity index (χ1) is 6.20. The largest absolute Gasteiger partial charge is 0.395 e. The number of rotatable bonds is 0. The monoisotopic (exact) mass is 175 g/mol. The summed E-state index contributed by atoms with van der Waals surface area (Å²) in [4.78, 5) is 29.9. The van der Waals surface area contributed by atoms with Crippen LogP contribution >= 0.6 is 0 Å². The zero-order valence-electron chi connectivity index (χ0n) is 6.52. The van der Waals surface area contributed by atoms with Gasteiger partial charge in [0.25, 0.3) is 0 Å². The van der Waals surface area contributed by atoms with Crippen molar-refractivity contribution in [2.45, 2.75) is 0 Å². The summed E-state index contributed by atoms with van der Waals surface area (Å²) in [5, 5.41) is 0. The number of carbonyl (C=O) groups is 2. The fraction of sp³-hybridized carbons (Fsp3) is 0. The number of carbonyl (C=O) groups excluding carboxylic acids is 2. The first-order valence-corrected chi connectivity index (χ1v) is 3.56. The van der Waals surface area contributed by atoms with E-state index in [4.69, 9.17) is 5.73 Å². The maximum absolute atomic E-state index is 11.3. The van der Waals surface area contributed by atoms with Crippen LogP contribution < -0.4 is 5.73 Å². The molecule has 1 aliphatic rings. The number of hydrogen-bond acceptors (Lipinski definition) is 5. The number of aromatic nitrogens is 2. The third-order valence-electron chi connectivity index (χ3n) is 1.74. The summed E-state index contributed by atoms with van der Waals surface area (Å²) in [6.07, 6.45) is 3.60. The van der Waals surface area contributed by atoms with Crippen molar-refractivity contribution >= 4 is 11.6 Å². The maximum atomic E-state index is 11.3. The van der Waals surface area contributed by atoms with Crippen molar-refractivity contribution in [2.24, 2.45) is 5.73 Å². The Balaban J connectivity index is 2.69. The number of allylic oxidation sites excluding steroid dienone is 2. The second-order valence-corrected chi connectivity index (χ2v) is 2.58. The van der Waals surface area contributed by atoms with Gasteiger partial charge in [0.2, 0.25) is 11.6 Å². The average molecular weight is 175 g/mol. The van der Waals surface area contributed by atoms with Crippen molar-refractivity contribution < 1.29 is 9.59 Å². The number of hydrogen-bond donors (Lipinski definition) is 1. The average Bonchev–Trinajstić information content (AvgIpc) is 2.15. The van der Waals surface area contributed by atoms with Gasteiger partial charge in [-0.25, -0.2) is 9.97 Å². The number of Topliss-reactive ketones (excluding diaryl/α,β-unsaturated/α-hetero) is 1. The zero-order valence-corrected chi connectivity index (χ0v) is 6.52. The second-order valence-electron chi connectivity index (χ2n) is 2.58. The molecule has 0 spiro atoms. The molecule has 0 radical (unpaired) electrons. The van der Waals surface area contributed by atoms with Crippen LogP contribution in [0.2, 0.25) is 0 Å². The Morgan fingerprint density at radius 1 is 1.31 bits per heavy atom. The highest BCUT2D eigenvalue weighted by Gasteiger charge is 2.24. The van der Waals surface area contributed by atoms with Crippen molar-refractivity contribution in [1.29, 1.82) is 0 Å². The molecule has 5 nitrogen and oxygen atoms in total. The lowest BCUT2D eigenvalue weighted by Crippen LogP contribution is -2.22. The van der Waals surface area contributed by atoms with Crippen molar-refractivity contribution in [2.75, 3.05) is 0 Å². The molecule has 0 bridgehead atoms. The van der Waals surface area contributed by atoms with E-state index in [0.717, 1.165) is 6.08 Å². The van der Waals surface area contributed by atoms with Crippen LogP contribution in [0.3, 0.4) is 0 Å². The van der Waals surface area contributed by atoms with Crippen LogP contribution in [0.4, 0.5) is 0 Å². The summed E-state index contributed by atoms with van der Waals surface area (Å²) in [5.74, 6) is -0.746. The van der Waals surface area contributed by atoms with Crippen LogP contribution in [-0.2, 0) is 0 Å². The zero-order chi connectivity index (χ0) is 9.42. The molecule has 1 aromatic heterocycles. The Morgan fingerprint density at radius 2 is 2.08 bits per heavy atom. The van der Waals surface area contributed by atoms with Gasteiger partial charge in [-0.1, -0.05) is 0 Å². The van der Waals surface area contributed by atoms with E-state index < -0.39 is 5.78 Å². The maximum Gasteiger partial charge on any atom is 0.212 e. The van der Waals surface area contributed by atoms with Crippen LogP contribution in [0.1, 0.15) is 20.8 Å². The minimum atomic E-state index is -0.393. The molecule has 0 atom stereocenters. The fourth-order valence-corrected chi connectivity index (χ4v) is 1.12. The second kappa shape index (κ2) is 2.48. The predicted molar refractivity (Wildman–Crippen MR) is 43.0 cm³/mol. The van der Waals surface area contributed by atoms with Gasteiger partial charge in [-0.2, -0.15) is 0 Å². The van der Waals surface area contributed by atoms with Gasteiger partial charge in [-0.05, 0) is 0 Å². The molecule has 13 heavy (non-hydrogen) atoms. The molecule has 0 amide bonds. The highest BCUT2D eigenvalue weighted by atomic mass is 16.1. The number of nitrogens with two attached hydrogens (primary N) is 1. The minimum Gasteiger partial charge on any atom is -0.395 e. The molecular formula is C8H5N3O2. The Kier molecular flexibility index (Phi) is 1.45. The van der Waals surface area contributed by atoms with Gasteiger partial charge < -0.3 is 5.73 Å². The lowest BCUT2D eigenvalue weighted by Gasteiger charge is -2.09. The molecule has 0 saturated heterocycles. The Morgan fingerprint density at radius 3 is 2.85 bits per heavy atom. The third kappa shape index (κ3) is 1.01. The van der Waals surface area contributed by atoms with Gasteiger partial charge in [-0.3, -0.25) is 9.59 Å². The van der Waals surface area contributed by atoms with E-state index in [0.29, 0.717) is 0 Å². The van der Waals surface area contributed by atoms with Gasteiger partial charge in [0, 0.05) is 12.3 Å². The number of nitrogens with zero attached hydrogens (tertiary/aromatic N) is 2. The Bertz CT molecular complexity index is 437. The molecule has 0 unspecified atom stereocenters. The molecule has 0 fully saturated rings. The summed E-state index contributed by atoms with van der Waals surface area (Å²) < 4.78 is 0. The fourth-order valence-electron chi connectivity index (χ4n) is 1.12. The topological polar surface area (TPSA) is 85.9 Å². The summed E-state index contributed by atoms with van der Waals surface area (Å²) >= 11 is 0. The van der Waals surface area contributed by atoms with Gasteiger partial charge in [0.05, 0.1) is 11.3 Å². The lowest BCUT2D eigenvalue weighted by molar-refractivity contribution is 0.0979. The van der Waals surface area contributed by atoms with Crippen molar-refractivity contribution in [1.82, 2.24) is 9.97 Å². The van der Waals surface area contributed by atoms with Gasteiger partial charge >= 0.3 is 0 Å². The van der Waals surface area contributed by atoms with E-state index in [1.54, 1.807) is 0 Å². The quantitative estimate of drug-likeness (QED) is 0.584. The van der Waals surface area contributed by atoms with Crippen LogP contribution in [0.15, 0.2) is 24.3 Å².